The van der Waals surface area contributed by atoms with E-state index in [4.69, 9.17) is 0 Å². The molecule has 2 N–H and O–H groups in total. The molecule has 2 atom stereocenters. The number of hydrogen-bond acceptors (Lipinski definition) is 2. The van der Waals surface area contributed by atoms with Gasteiger partial charge in [-0.2, -0.15) is 0 Å². The number of rotatable bonds is 6. The van der Waals surface area contributed by atoms with Gasteiger partial charge in [-0.3, -0.25) is 9.59 Å². The lowest BCUT2D eigenvalue weighted by molar-refractivity contribution is -0.118. The van der Waals surface area contributed by atoms with Gasteiger partial charge in [0.25, 0.3) is 5.91 Å². The van der Waals surface area contributed by atoms with Crippen LogP contribution in [0.3, 0.4) is 0 Å². The van der Waals surface area contributed by atoms with Crippen molar-refractivity contribution in [2.24, 2.45) is 17.3 Å². The molecule has 1 saturated carbocycles. The molecule has 146 valence electrons. The van der Waals surface area contributed by atoms with Crippen LogP contribution in [0, 0.1) is 17.3 Å². The predicted molar refractivity (Wildman–Crippen MR) is 113 cm³/mol. The van der Waals surface area contributed by atoms with Crippen molar-refractivity contribution in [3.63, 3.8) is 0 Å². The number of allylic oxidation sites excluding steroid dienone is 2. The highest BCUT2D eigenvalue weighted by molar-refractivity contribution is 6.05. The Morgan fingerprint density at radius 3 is 2.32 bits per heavy atom. The van der Waals surface area contributed by atoms with E-state index in [1.54, 1.807) is 18.2 Å². The Morgan fingerprint density at radius 1 is 1.00 bits per heavy atom. The predicted octanol–water partition coefficient (Wildman–Crippen LogP) is 4.79. The van der Waals surface area contributed by atoms with Gasteiger partial charge in [0.05, 0.1) is 17.2 Å². The van der Waals surface area contributed by atoms with Crippen LogP contribution in [-0.2, 0) is 11.3 Å². The number of anilines is 1. The Kier molecular flexibility index (Phi) is 5.68. The number of para-hydroxylation sites is 1. The fourth-order valence-electron chi connectivity index (χ4n) is 3.72. The summed E-state index contributed by atoms with van der Waals surface area (Å²) in [4.78, 5) is 25.5. The average Bonchev–Trinajstić information content (AvgIpc) is 3.20. The molecule has 4 nitrogen and oxygen atoms in total. The summed E-state index contributed by atoms with van der Waals surface area (Å²) >= 11 is 0. The van der Waals surface area contributed by atoms with Crippen LogP contribution in [0.4, 0.5) is 5.69 Å². The number of carbonyl (C=O) groups excluding carboxylic acids is 2. The van der Waals surface area contributed by atoms with Crippen LogP contribution in [0.15, 0.2) is 66.2 Å². The van der Waals surface area contributed by atoms with Crippen molar-refractivity contribution in [1.82, 2.24) is 5.32 Å². The molecule has 3 rings (SSSR count). The smallest absolute Gasteiger partial charge is 0.253 e. The molecule has 0 saturated heterocycles. The van der Waals surface area contributed by atoms with Crippen molar-refractivity contribution in [2.75, 3.05) is 5.32 Å². The molecule has 0 aromatic heterocycles. The van der Waals surface area contributed by atoms with Gasteiger partial charge in [0, 0.05) is 6.54 Å². The van der Waals surface area contributed by atoms with Crippen LogP contribution < -0.4 is 10.6 Å². The van der Waals surface area contributed by atoms with E-state index in [0.717, 1.165) is 5.56 Å². The highest BCUT2D eigenvalue weighted by atomic mass is 16.2. The Hall–Kier alpha value is -2.88. The largest absolute Gasteiger partial charge is 0.348 e. The molecule has 2 amide bonds. The molecule has 1 fully saturated rings. The minimum absolute atomic E-state index is 0.0317. The summed E-state index contributed by atoms with van der Waals surface area (Å²) < 4.78 is 0. The molecule has 0 aliphatic heterocycles. The Labute approximate surface area is 167 Å². The molecule has 28 heavy (non-hydrogen) atoms. The lowest BCUT2D eigenvalue weighted by Gasteiger charge is -2.12. The number of carbonyl (C=O) groups is 2. The summed E-state index contributed by atoms with van der Waals surface area (Å²) in [6.45, 7) is 8.77. The van der Waals surface area contributed by atoms with Crippen molar-refractivity contribution < 1.29 is 9.59 Å². The molecule has 2 aromatic rings. The molecule has 1 aliphatic carbocycles. The highest BCUT2D eigenvalue weighted by Crippen LogP contribution is 2.59. The quantitative estimate of drug-likeness (QED) is 0.712. The van der Waals surface area contributed by atoms with Crippen molar-refractivity contribution in [2.45, 2.75) is 34.2 Å². The maximum Gasteiger partial charge on any atom is 0.253 e. The van der Waals surface area contributed by atoms with Gasteiger partial charge in [-0.25, -0.2) is 0 Å². The summed E-state index contributed by atoms with van der Waals surface area (Å²) in [6, 6.07) is 16.9. The van der Waals surface area contributed by atoms with Gasteiger partial charge in [-0.1, -0.05) is 68.0 Å². The van der Waals surface area contributed by atoms with Gasteiger partial charge in [-0.15, -0.1) is 0 Å². The number of nitrogens with one attached hydrogen (secondary N) is 2. The van der Waals surface area contributed by atoms with E-state index >= 15 is 0 Å². The first-order valence-corrected chi connectivity index (χ1v) is 9.67. The third kappa shape index (κ3) is 4.33. The first-order chi connectivity index (χ1) is 13.3. The second-order valence-electron chi connectivity index (χ2n) is 8.27. The Bertz CT molecular complexity index is 896. The highest BCUT2D eigenvalue weighted by Gasteiger charge is 2.60. The van der Waals surface area contributed by atoms with Crippen molar-refractivity contribution in [3.8, 4) is 0 Å². The molecule has 0 heterocycles. The zero-order chi connectivity index (χ0) is 20.3. The maximum absolute atomic E-state index is 12.9. The fraction of sp³-hybridized carbons (Fsp3) is 0.333. The van der Waals surface area contributed by atoms with E-state index in [0.29, 0.717) is 17.8 Å². The van der Waals surface area contributed by atoms with E-state index in [9.17, 15) is 9.59 Å². The summed E-state index contributed by atoms with van der Waals surface area (Å²) in [5.41, 5.74) is 3.21. The molecule has 4 heteroatoms. The van der Waals surface area contributed by atoms with Crippen LogP contribution in [0.2, 0.25) is 0 Å². The van der Waals surface area contributed by atoms with E-state index in [-0.39, 0.29) is 29.1 Å². The first-order valence-electron chi connectivity index (χ1n) is 9.67. The standard InChI is InChI=1S/C24H28N2O2/c1-16(2)14-19-21(24(19,3)4)23(28)26-20-13-9-8-12-18(20)22(27)25-15-17-10-6-5-7-11-17/h5-14,19,21H,15H2,1-4H3,(H,25,27)(H,26,28). The summed E-state index contributed by atoms with van der Waals surface area (Å²) in [6.07, 6.45) is 2.17. The zero-order valence-electron chi connectivity index (χ0n) is 17.0. The Balaban J connectivity index is 1.69. The second kappa shape index (κ2) is 8.01. The topological polar surface area (TPSA) is 58.2 Å². The van der Waals surface area contributed by atoms with Crippen LogP contribution in [0.25, 0.3) is 0 Å². The van der Waals surface area contributed by atoms with Crippen LogP contribution in [-0.4, -0.2) is 11.8 Å². The molecular formula is C24H28N2O2. The average molecular weight is 377 g/mol. The molecule has 2 unspecified atom stereocenters. The van der Waals surface area contributed by atoms with Crippen LogP contribution in [0.5, 0.6) is 0 Å². The summed E-state index contributed by atoms with van der Waals surface area (Å²) in [5, 5.41) is 5.91. The van der Waals surface area contributed by atoms with E-state index < -0.39 is 0 Å². The SMILES string of the molecule is CC(C)=CC1C(C(=O)Nc2ccccc2C(=O)NCc2ccccc2)C1(C)C. The van der Waals surface area contributed by atoms with Crippen LogP contribution >= 0.6 is 0 Å². The summed E-state index contributed by atoms with van der Waals surface area (Å²) in [5.74, 6) is -0.0779. The molecule has 0 radical (unpaired) electrons. The van der Waals surface area contributed by atoms with Gasteiger partial charge in [-0.05, 0) is 42.9 Å². The maximum atomic E-state index is 12.9. The van der Waals surface area contributed by atoms with Gasteiger partial charge in [0.1, 0.15) is 0 Å². The van der Waals surface area contributed by atoms with Gasteiger partial charge < -0.3 is 10.6 Å². The van der Waals surface area contributed by atoms with Crippen LogP contribution in [0.1, 0.15) is 43.6 Å². The van der Waals surface area contributed by atoms with E-state index in [2.05, 4.69) is 44.4 Å². The molecule has 2 aromatic carbocycles. The first kappa shape index (κ1) is 19.9. The van der Waals surface area contributed by atoms with Gasteiger partial charge >= 0.3 is 0 Å². The van der Waals surface area contributed by atoms with E-state index in [1.807, 2.05) is 36.4 Å². The zero-order valence-corrected chi connectivity index (χ0v) is 17.0. The minimum atomic E-state index is -0.198. The molecule has 1 aliphatic rings. The molecular weight excluding hydrogens is 348 g/mol. The number of hydrogen-bond donors (Lipinski definition) is 2. The second-order valence-corrected chi connectivity index (χ2v) is 8.27. The molecule has 0 spiro atoms. The van der Waals surface area contributed by atoms with Crippen molar-refractivity contribution in [3.05, 3.63) is 77.4 Å². The lowest BCUT2D eigenvalue weighted by Crippen LogP contribution is -2.25. The minimum Gasteiger partial charge on any atom is -0.348 e. The third-order valence-corrected chi connectivity index (χ3v) is 5.43. The van der Waals surface area contributed by atoms with E-state index in [1.165, 1.54) is 5.57 Å². The van der Waals surface area contributed by atoms with Gasteiger partial charge in [0.2, 0.25) is 5.91 Å². The molecule has 0 bridgehead atoms. The van der Waals surface area contributed by atoms with Gasteiger partial charge in [0.15, 0.2) is 0 Å². The normalized spacial score (nSPS) is 19.4. The third-order valence-electron chi connectivity index (χ3n) is 5.43. The van der Waals surface area contributed by atoms with Crippen molar-refractivity contribution in [1.29, 1.82) is 0 Å². The number of benzene rings is 2. The monoisotopic (exact) mass is 376 g/mol. The summed E-state index contributed by atoms with van der Waals surface area (Å²) in [7, 11) is 0. The lowest BCUT2D eigenvalue weighted by atomic mass is 10.1. The van der Waals surface area contributed by atoms with Crippen molar-refractivity contribution >= 4 is 17.5 Å². The Morgan fingerprint density at radius 2 is 1.64 bits per heavy atom. The number of amides is 2. The fourth-order valence-corrected chi connectivity index (χ4v) is 3.72.